The summed E-state index contributed by atoms with van der Waals surface area (Å²) in [5.74, 6) is -0.796. The molecule has 7 nitrogen and oxygen atoms in total. The molecule has 0 aliphatic rings. The Morgan fingerprint density at radius 3 is 2.44 bits per heavy atom. The number of anilines is 1. The summed E-state index contributed by atoms with van der Waals surface area (Å²) in [6.45, 7) is 0. The topological polar surface area (TPSA) is 94.0 Å². The number of sulfone groups is 1. The van der Waals surface area contributed by atoms with Gasteiger partial charge in [0, 0.05) is 16.5 Å². The molecule has 0 saturated carbocycles. The highest BCUT2D eigenvalue weighted by Crippen LogP contribution is 2.24. The molecular formula is C17H14Cl2N4O3S. The molecule has 1 N–H and O–H groups in total. The molecule has 0 saturated heterocycles. The standard InChI is InChI=1S/C17H14Cl2N4O3S/c18-12-1-4-14(5-2-12)27(25,26)8-7-17(24)22-15-9-13(19)3-6-16(15)23-11-20-10-21-23/h1-6,9-11H,7-8H2,(H,22,24). The second-order valence-electron chi connectivity index (χ2n) is 5.57. The largest absolute Gasteiger partial charge is 0.324 e. The molecule has 0 fully saturated rings. The summed E-state index contributed by atoms with van der Waals surface area (Å²) in [5.41, 5.74) is 0.965. The fraction of sp³-hybridized carbons (Fsp3) is 0.118. The highest BCUT2D eigenvalue weighted by Gasteiger charge is 2.17. The summed E-state index contributed by atoms with van der Waals surface area (Å²) < 4.78 is 26.2. The highest BCUT2D eigenvalue weighted by molar-refractivity contribution is 7.91. The molecule has 0 bridgehead atoms. The maximum Gasteiger partial charge on any atom is 0.225 e. The molecule has 1 amide bonds. The van der Waals surface area contributed by atoms with Crippen molar-refractivity contribution in [3.63, 3.8) is 0 Å². The number of amides is 1. The van der Waals surface area contributed by atoms with Gasteiger partial charge >= 0.3 is 0 Å². The number of aromatic nitrogens is 3. The number of hydrogen-bond acceptors (Lipinski definition) is 5. The van der Waals surface area contributed by atoms with E-state index in [-0.39, 0.29) is 17.1 Å². The SMILES string of the molecule is O=C(CCS(=O)(=O)c1ccc(Cl)cc1)Nc1cc(Cl)ccc1-n1cncn1. The number of halogens is 2. The average Bonchev–Trinajstić information content (AvgIpc) is 3.15. The van der Waals surface area contributed by atoms with E-state index in [0.29, 0.717) is 21.4 Å². The predicted octanol–water partition coefficient (Wildman–Crippen LogP) is 3.38. The second-order valence-corrected chi connectivity index (χ2v) is 8.55. The molecule has 0 atom stereocenters. The molecule has 0 radical (unpaired) electrons. The van der Waals surface area contributed by atoms with E-state index < -0.39 is 15.7 Å². The summed E-state index contributed by atoms with van der Waals surface area (Å²) in [6, 6.07) is 10.7. The van der Waals surface area contributed by atoms with Gasteiger partial charge in [-0.15, -0.1) is 0 Å². The van der Waals surface area contributed by atoms with Gasteiger partial charge in [-0.05, 0) is 42.5 Å². The van der Waals surface area contributed by atoms with Crippen LogP contribution in [0, 0.1) is 0 Å². The number of carbonyl (C=O) groups is 1. The second kappa shape index (κ2) is 8.08. The number of hydrogen-bond donors (Lipinski definition) is 1. The van der Waals surface area contributed by atoms with Crippen LogP contribution in [0.3, 0.4) is 0 Å². The van der Waals surface area contributed by atoms with Gasteiger partial charge < -0.3 is 5.32 Å². The Morgan fingerprint density at radius 1 is 1.07 bits per heavy atom. The van der Waals surface area contributed by atoms with E-state index in [1.54, 1.807) is 18.2 Å². The zero-order valence-electron chi connectivity index (χ0n) is 13.8. The van der Waals surface area contributed by atoms with Crippen LogP contribution in [0.15, 0.2) is 60.0 Å². The first-order valence-electron chi connectivity index (χ1n) is 7.78. The van der Waals surface area contributed by atoms with Gasteiger partial charge in [-0.1, -0.05) is 23.2 Å². The van der Waals surface area contributed by atoms with Gasteiger partial charge in [0.05, 0.1) is 22.0 Å². The van der Waals surface area contributed by atoms with E-state index in [2.05, 4.69) is 15.4 Å². The highest BCUT2D eigenvalue weighted by atomic mass is 35.5. The summed E-state index contributed by atoms with van der Waals surface area (Å²) in [6.07, 6.45) is 2.62. The minimum absolute atomic E-state index is 0.116. The average molecular weight is 425 g/mol. The first kappa shape index (κ1) is 19.3. The Balaban J connectivity index is 1.71. The Hall–Kier alpha value is -2.42. The molecule has 0 spiro atoms. The van der Waals surface area contributed by atoms with Gasteiger partial charge in [0.25, 0.3) is 0 Å². The molecule has 3 aromatic rings. The van der Waals surface area contributed by atoms with Crippen molar-refractivity contribution in [1.82, 2.24) is 14.8 Å². The first-order chi connectivity index (χ1) is 12.8. The van der Waals surface area contributed by atoms with Crippen LogP contribution >= 0.6 is 23.2 Å². The van der Waals surface area contributed by atoms with E-state index in [1.807, 2.05) is 0 Å². The van der Waals surface area contributed by atoms with Crippen LogP contribution < -0.4 is 5.32 Å². The molecule has 3 rings (SSSR count). The first-order valence-corrected chi connectivity index (χ1v) is 10.2. The van der Waals surface area contributed by atoms with Crippen LogP contribution in [0.25, 0.3) is 5.69 Å². The molecule has 140 valence electrons. The summed E-state index contributed by atoms with van der Waals surface area (Å²) >= 11 is 11.8. The van der Waals surface area contributed by atoms with Gasteiger partial charge in [-0.25, -0.2) is 18.1 Å². The quantitative estimate of drug-likeness (QED) is 0.654. The van der Waals surface area contributed by atoms with Crippen LogP contribution in [0.5, 0.6) is 0 Å². The number of nitrogens with one attached hydrogen (secondary N) is 1. The van der Waals surface area contributed by atoms with E-state index in [1.165, 1.54) is 41.6 Å². The molecule has 0 aliphatic carbocycles. The van der Waals surface area contributed by atoms with E-state index >= 15 is 0 Å². The third-order valence-electron chi connectivity index (χ3n) is 3.67. The predicted molar refractivity (Wildman–Crippen MR) is 103 cm³/mol. The molecule has 1 aromatic heterocycles. The Labute approximate surface area is 165 Å². The van der Waals surface area contributed by atoms with Crippen molar-refractivity contribution < 1.29 is 13.2 Å². The molecule has 1 heterocycles. The summed E-state index contributed by atoms with van der Waals surface area (Å²) in [4.78, 5) is 16.3. The van der Waals surface area contributed by atoms with Gasteiger partial charge in [-0.3, -0.25) is 4.79 Å². The van der Waals surface area contributed by atoms with Crippen LogP contribution in [-0.4, -0.2) is 34.8 Å². The lowest BCUT2D eigenvalue weighted by Crippen LogP contribution is -2.18. The smallest absolute Gasteiger partial charge is 0.225 e. The minimum atomic E-state index is -3.60. The van der Waals surface area contributed by atoms with Gasteiger partial charge in [-0.2, -0.15) is 5.10 Å². The van der Waals surface area contributed by atoms with Crippen LogP contribution in [0.4, 0.5) is 5.69 Å². The van der Waals surface area contributed by atoms with Crippen molar-refractivity contribution in [2.45, 2.75) is 11.3 Å². The van der Waals surface area contributed by atoms with Crippen molar-refractivity contribution in [2.75, 3.05) is 11.1 Å². The van der Waals surface area contributed by atoms with Crippen molar-refractivity contribution in [1.29, 1.82) is 0 Å². The molecule has 0 aliphatic heterocycles. The van der Waals surface area contributed by atoms with Gasteiger partial charge in [0.1, 0.15) is 12.7 Å². The molecule has 10 heteroatoms. The number of benzene rings is 2. The van der Waals surface area contributed by atoms with E-state index in [0.717, 1.165) is 0 Å². The van der Waals surface area contributed by atoms with Crippen LogP contribution in [0.1, 0.15) is 6.42 Å². The van der Waals surface area contributed by atoms with Crippen molar-refractivity contribution in [3.05, 3.63) is 65.2 Å². The minimum Gasteiger partial charge on any atom is -0.324 e. The van der Waals surface area contributed by atoms with Crippen molar-refractivity contribution in [2.24, 2.45) is 0 Å². The molecule has 2 aromatic carbocycles. The zero-order chi connectivity index (χ0) is 19.4. The fourth-order valence-electron chi connectivity index (χ4n) is 2.34. The van der Waals surface area contributed by atoms with Crippen LogP contribution in [0.2, 0.25) is 10.0 Å². The summed E-state index contributed by atoms with van der Waals surface area (Å²) in [7, 11) is -3.60. The Morgan fingerprint density at radius 2 is 1.78 bits per heavy atom. The van der Waals surface area contributed by atoms with Crippen molar-refractivity contribution >= 4 is 44.6 Å². The van der Waals surface area contributed by atoms with Crippen LogP contribution in [-0.2, 0) is 14.6 Å². The monoisotopic (exact) mass is 424 g/mol. The lowest BCUT2D eigenvalue weighted by atomic mass is 10.2. The Bertz CT molecular complexity index is 1050. The van der Waals surface area contributed by atoms with E-state index in [9.17, 15) is 13.2 Å². The Kier molecular flexibility index (Phi) is 5.79. The third kappa shape index (κ3) is 4.85. The van der Waals surface area contributed by atoms with E-state index in [4.69, 9.17) is 23.2 Å². The molecule has 27 heavy (non-hydrogen) atoms. The normalized spacial score (nSPS) is 11.3. The number of carbonyl (C=O) groups excluding carboxylic acids is 1. The van der Waals surface area contributed by atoms with Crippen molar-refractivity contribution in [3.8, 4) is 5.69 Å². The zero-order valence-corrected chi connectivity index (χ0v) is 16.2. The maximum atomic E-state index is 12.3. The third-order valence-corrected chi connectivity index (χ3v) is 5.89. The van der Waals surface area contributed by atoms with Gasteiger partial charge in [0.2, 0.25) is 5.91 Å². The molecular weight excluding hydrogens is 411 g/mol. The summed E-state index contributed by atoms with van der Waals surface area (Å²) in [5, 5.41) is 7.55. The maximum absolute atomic E-state index is 12.3. The van der Waals surface area contributed by atoms with Gasteiger partial charge in [0.15, 0.2) is 9.84 Å². The number of rotatable bonds is 6. The molecule has 0 unspecified atom stereocenters. The lowest BCUT2D eigenvalue weighted by molar-refractivity contribution is -0.115. The fourth-order valence-corrected chi connectivity index (χ4v) is 3.88. The lowest BCUT2D eigenvalue weighted by Gasteiger charge is -2.11. The number of nitrogens with zero attached hydrogens (tertiary/aromatic N) is 3.